The summed E-state index contributed by atoms with van der Waals surface area (Å²) in [5.41, 5.74) is 6.16. The number of rotatable bonds is 3. The van der Waals surface area contributed by atoms with Crippen LogP contribution in [-0.4, -0.2) is 29.9 Å². The number of carbonyl (C=O) groups excluding carboxylic acids is 2. The first-order chi connectivity index (χ1) is 8.16. The average Bonchev–Trinajstić information content (AvgIpc) is 2.74. The number of anilines is 1. The number of imide groups is 1. The molecule has 0 bridgehead atoms. The smallest absolute Gasteiger partial charge is 0.267 e. The quantitative estimate of drug-likeness (QED) is 0.785. The fraction of sp³-hybridized carbons (Fsp3) is 0.333. The molecule has 1 aliphatic rings. The summed E-state index contributed by atoms with van der Waals surface area (Å²) in [6, 6.07) is 6.77. The highest BCUT2D eigenvalue weighted by Crippen LogP contribution is 2.14. The molecule has 1 aliphatic heterocycles. The number of ether oxygens (including phenoxy) is 1. The molecule has 0 atom stereocenters. The van der Waals surface area contributed by atoms with Gasteiger partial charge in [-0.3, -0.25) is 14.5 Å². The van der Waals surface area contributed by atoms with Crippen molar-refractivity contribution >= 4 is 17.5 Å². The summed E-state index contributed by atoms with van der Waals surface area (Å²) in [4.78, 5) is 24.2. The number of carbonyl (C=O) groups is 2. The van der Waals surface area contributed by atoms with E-state index in [1.165, 1.54) is 4.90 Å². The summed E-state index contributed by atoms with van der Waals surface area (Å²) < 4.78 is 5.28. The second-order valence-electron chi connectivity index (χ2n) is 3.90. The van der Waals surface area contributed by atoms with Crippen LogP contribution in [0.2, 0.25) is 0 Å². The van der Waals surface area contributed by atoms with Crippen LogP contribution in [0.25, 0.3) is 0 Å². The molecule has 0 aliphatic carbocycles. The molecule has 2 N–H and O–H groups in total. The van der Waals surface area contributed by atoms with E-state index in [0.29, 0.717) is 24.4 Å². The monoisotopic (exact) mass is 234 g/mol. The van der Waals surface area contributed by atoms with Gasteiger partial charge in [0.15, 0.2) is 6.61 Å². The van der Waals surface area contributed by atoms with Gasteiger partial charge in [0.05, 0.1) is 0 Å². The first kappa shape index (κ1) is 11.4. The fourth-order valence-corrected chi connectivity index (χ4v) is 1.70. The van der Waals surface area contributed by atoms with Gasteiger partial charge in [-0.2, -0.15) is 0 Å². The van der Waals surface area contributed by atoms with E-state index in [2.05, 4.69) is 0 Å². The predicted molar refractivity (Wildman–Crippen MR) is 62.3 cm³/mol. The molecule has 1 heterocycles. The van der Waals surface area contributed by atoms with Crippen LogP contribution in [0.3, 0.4) is 0 Å². The van der Waals surface area contributed by atoms with E-state index in [-0.39, 0.29) is 18.4 Å². The molecule has 2 rings (SSSR count). The van der Waals surface area contributed by atoms with Crippen molar-refractivity contribution in [3.05, 3.63) is 24.3 Å². The molecule has 1 aromatic carbocycles. The van der Waals surface area contributed by atoms with Gasteiger partial charge in [0, 0.05) is 18.7 Å². The van der Waals surface area contributed by atoms with Crippen molar-refractivity contribution < 1.29 is 14.3 Å². The largest absolute Gasteiger partial charge is 0.484 e. The van der Waals surface area contributed by atoms with Gasteiger partial charge >= 0.3 is 0 Å². The van der Waals surface area contributed by atoms with Crippen LogP contribution in [0.1, 0.15) is 12.8 Å². The second kappa shape index (κ2) is 4.86. The number of nitrogens with zero attached hydrogens (tertiary/aromatic N) is 1. The zero-order valence-electron chi connectivity index (χ0n) is 9.39. The minimum absolute atomic E-state index is 0.115. The third-order valence-corrected chi connectivity index (χ3v) is 2.62. The van der Waals surface area contributed by atoms with E-state index < -0.39 is 0 Å². The molecule has 1 fully saturated rings. The highest BCUT2D eigenvalue weighted by atomic mass is 16.5. The Morgan fingerprint density at radius 3 is 2.65 bits per heavy atom. The number of nitrogens with two attached hydrogens (primary N) is 1. The Morgan fingerprint density at radius 2 is 2.06 bits per heavy atom. The van der Waals surface area contributed by atoms with Crippen LogP contribution in [0.4, 0.5) is 5.69 Å². The minimum atomic E-state index is -0.288. The van der Waals surface area contributed by atoms with E-state index in [0.717, 1.165) is 6.42 Å². The molecule has 90 valence electrons. The maximum Gasteiger partial charge on any atom is 0.267 e. The second-order valence-corrected chi connectivity index (χ2v) is 3.90. The van der Waals surface area contributed by atoms with Gasteiger partial charge in [0.1, 0.15) is 5.75 Å². The molecule has 2 amide bonds. The summed E-state index contributed by atoms with van der Waals surface area (Å²) in [5.74, 6) is 0.166. The standard InChI is InChI=1S/C12H14N2O3/c13-9-3-5-10(6-4-9)17-8-12(16)14-7-1-2-11(14)15/h3-6H,1-2,7-8,13H2. The Morgan fingerprint density at radius 1 is 1.35 bits per heavy atom. The summed E-state index contributed by atoms with van der Waals surface area (Å²) in [7, 11) is 0. The fourth-order valence-electron chi connectivity index (χ4n) is 1.70. The zero-order valence-corrected chi connectivity index (χ0v) is 9.39. The molecule has 1 aromatic rings. The van der Waals surface area contributed by atoms with Crippen LogP contribution >= 0.6 is 0 Å². The lowest BCUT2D eigenvalue weighted by Crippen LogP contribution is -2.35. The lowest BCUT2D eigenvalue weighted by molar-refractivity contribution is -0.143. The highest BCUT2D eigenvalue weighted by Gasteiger charge is 2.26. The van der Waals surface area contributed by atoms with E-state index in [9.17, 15) is 9.59 Å². The van der Waals surface area contributed by atoms with Gasteiger partial charge in [-0.15, -0.1) is 0 Å². The molecule has 0 spiro atoms. The predicted octanol–water partition coefficient (Wildman–Crippen LogP) is 0.797. The van der Waals surface area contributed by atoms with Crippen LogP contribution in [-0.2, 0) is 9.59 Å². The van der Waals surface area contributed by atoms with Gasteiger partial charge in [-0.05, 0) is 30.7 Å². The Balaban J connectivity index is 1.87. The van der Waals surface area contributed by atoms with Gasteiger partial charge in [-0.25, -0.2) is 0 Å². The number of hydrogen-bond donors (Lipinski definition) is 1. The van der Waals surface area contributed by atoms with Gasteiger partial charge in [-0.1, -0.05) is 0 Å². The van der Waals surface area contributed by atoms with Crippen molar-refractivity contribution in [3.8, 4) is 5.75 Å². The Kier molecular flexibility index (Phi) is 3.27. The van der Waals surface area contributed by atoms with Crippen molar-refractivity contribution in [1.82, 2.24) is 4.90 Å². The number of hydrogen-bond acceptors (Lipinski definition) is 4. The van der Waals surface area contributed by atoms with Crippen LogP contribution in [0.15, 0.2) is 24.3 Å². The van der Waals surface area contributed by atoms with Crippen molar-refractivity contribution in [2.75, 3.05) is 18.9 Å². The summed E-state index contributed by atoms with van der Waals surface area (Å²) in [6.45, 7) is 0.387. The van der Waals surface area contributed by atoms with Gasteiger partial charge in [0.2, 0.25) is 5.91 Å². The Hall–Kier alpha value is -2.04. The van der Waals surface area contributed by atoms with Gasteiger partial charge < -0.3 is 10.5 Å². The zero-order chi connectivity index (χ0) is 12.3. The topological polar surface area (TPSA) is 72.6 Å². The van der Waals surface area contributed by atoms with E-state index in [4.69, 9.17) is 10.5 Å². The lowest BCUT2D eigenvalue weighted by Gasteiger charge is -2.13. The number of benzene rings is 1. The first-order valence-corrected chi connectivity index (χ1v) is 5.48. The number of likely N-dealkylation sites (tertiary alicyclic amines) is 1. The van der Waals surface area contributed by atoms with E-state index >= 15 is 0 Å². The molecule has 5 nitrogen and oxygen atoms in total. The molecule has 17 heavy (non-hydrogen) atoms. The average molecular weight is 234 g/mol. The summed E-state index contributed by atoms with van der Waals surface area (Å²) in [5, 5.41) is 0. The first-order valence-electron chi connectivity index (χ1n) is 5.48. The molecular weight excluding hydrogens is 220 g/mol. The van der Waals surface area contributed by atoms with Crippen molar-refractivity contribution in [3.63, 3.8) is 0 Å². The van der Waals surface area contributed by atoms with Crippen molar-refractivity contribution in [1.29, 1.82) is 0 Å². The maximum atomic E-state index is 11.7. The third kappa shape index (κ3) is 2.75. The van der Waals surface area contributed by atoms with Crippen LogP contribution in [0.5, 0.6) is 5.75 Å². The summed E-state index contributed by atoms with van der Waals surface area (Å²) in [6.07, 6.45) is 1.19. The normalized spacial score (nSPS) is 15.1. The molecule has 5 heteroatoms. The highest BCUT2D eigenvalue weighted by molar-refractivity contribution is 5.97. The molecule has 0 aromatic heterocycles. The lowest BCUT2D eigenvalue weighted by atomic mass is 10.3. The van der Waals surface area contributed by atoms with Crippen molar-refractivity contribution in [2.45, 2.75) is 12.8 Å². The maximum absolute atomic E-state index is 11.7. The SMILES string of the molecule is Nc1ccc(OCC(=O)N2CCCC2=O)cc1. The minimum Gasteiger partial charge on any atom is -0.484 e. The molecular formula is C12H14N2O3. The molecule has 0 radical (unpaired) electrons. The molecule has 0 unspecified atom stereocenters. The molecule has 0 saturated carbocycles. The van der Waals surface area contributed by atoms with Gasteiger partial charge in [0.25, 0.3) is 5.91 Å². The Bertz CT molecular complexity index is 428. The third-order valence-electron chi connectivity index (χ3n) is 2.62. The number of nitrogen functional groups attached to an aromatic ring is 1. The van der Waals surface area contributed by atoms with Crippen LogP contribution in [0, 0.1) is 0 Å². The van der Waals surface area contributed by atoms with E-state index in [1.807, 2.05) is 0 Å². The molecule has 1 saturated heterocycles. The van der Waals surface area contributed by atoms with E-state index in [1.54, 1.807) is 24.3 Å². The Labute approximate surface area is 99.2 Å². The number of amides is 2. The summed E-state index contributed by atoms with van der Waals surface area (Å²) >= 11 is 0. The van der Waals surface area contributed by atoms with Crippen molar-refractivity contribution in [2.24, 2.45) is 0 Å². The van der Waals surface area contributed by atoms with Crippen LogP contribution < -0.4 is 10.5 Å².